The number of nitrogens with zero attached hydrogens (tertiary/aromatic N) is 3. The molecule has 3 rings (SSSR count). The van der Waals surface area contributed by atoms with E-state index in [1.807, 2.05) is 0 Å². The van der Waals surface area contributed by atoms with E-state index in [0.717, 1.165) is 10.1 Å². The van der Waals surface area contributed by atoms with Crippen LogP contribution < -0.4 is 22.1 Å². The molecule has 0 bridgehead atoms. The van der Waals surface area contributed by atoms with E-state index in [-0.39, 0.29) is 16.6 Å². The van der Waals surface area contributed by atoms with Crippen molar-refractivity contribution >= 4 is 22.8 Å². The molecule has 9 nitrogen and oxygen atoms in total. The number of carbonyl (C=O) groups is 2. The van der Waals surface area contributed by atoms with Crippen LogP contribution in [0.5, 0.6) is 0 Å². The van der Waals surface area contributed by atoms with Crippen LogP contribution in [-0.2, 0) is 14.1 Å². The van der Waals surface area contributed by atoms with E-state index in [9.17, 15) is 19.2 Å². The fourth-order valence-electron chi connectivity index (χ4n) is 2.67. The summed E-state index contributed by atoms with van der Waals surface area (Å²) in [4.78, 5) is 52.7. The Hall–Kier alpha value is -3.75. The first-order valence-corrected chi connectivity index (χ1v) is 8.03. The van der Waals surface area contributed by atoms with Crippen molar-refractivity contribution in [2.45, 2.75) is 6.92 Å². The number of amides is 2. The van der Waals surface area contributed by atoms with Gasteiger partial charge in [0.25, 0.3) is 17.4 Å². The molecule has 0 saturated heterocycles. The molecule has 27 heavy (non-hydrogen) atoms. The molecule has 1 aromatic carbocycles. The zero-order chi connectivity index (χ0) is 19.7. The average Bonchev–Trinajstić information content (AvgIpc) is 2.68. The minimum absolute atomic E-state index is 0.0725. The fraction of sp³-hybridized carbons (Fsp3) is 0.167. The normalized spacial score (nSPS) is 10.6. The summed E-state index contributed by atoms with van der Waals surface area (Å²) in [5.41, 5.74) is 4.99. The highest BCUT2D eigenvalue weighted by Crippen LogP contribution is 2.08. The lowest BCUT2D eigenvalue weighted by atomic mass is 10.1. The molecule has 0 saturated carbocycles. The van der Waals surface area contributed by atoms with Gasteiger partial charge in [-0.05, 0) is 24.6 Å². The minimum Gasteiger partial charge on any atom is -0.280 e. The monoisotopic (exact) mass is 367 g/mol. The molecular weight excluding hydrogens is 350 g/mol. The quantitative estimate of drug-likeness (QED) is 0.620. The average molecular weight is 367 g/mol. The molecule has 2 N–H and O–H groups in total. The zero-order valence-electron chi connectivity index (χ0n) is 14.9. The fourth-order valence-corrected chi connectivity index (χ4v) is 2.67. The van der Waals surface area contributed by atoms with E-state index >= 15 is 0 Å². The van der Waals surface area contributed by atoms with Crippen LogP contribution in [0.3, 0.4) is 0 Å². The Labute approximate surface area is 153 Å². The maximum atomic E-state index is 12.3. The molecule has 2 amide bonds. The van der Waals surface area contributed by atoms with Crippen molar-refractivity contribution < 1.29 is 9.59 Å². The third-order valence-electron chi connectivity index (χ3n) is 4.23. The van der Waals surface area contributed by atoms with Crippen LogP contribution in [0, 0.1) is 6.92 Å². The van der Waals surface area contributed by atoms with Crippen molar-refractivity contribution in [2.75, 3.05) is 0 Å². The lowest BCUT2D eigenvalue weighted by Gasteiger charge is -2.10. The van der Waals surface area contributed by atoms with Crippen molar-refractivity contribution in [1.29, 1.82) is 0 Å². The summed E-state index contributed by atoms with van der Waals surface area (Å²) in [7, 11) is 2.83. The minimum atomic E-state index is -0.637. The molecule has 2 heterocycles. The molecule has 2 aromatic heterocycles. The highest BCUT2D eigenvalue weighted by Gasteiger charge is 2.15. The Morgan fingerprint density at radius 2 is 1.67 bits per heavy atom. The summed E-state index contributed by atoms with van der Waals surface area (Å²) in [6.07, 6.45) is 1.23. The Morgan fingerprint density at radius 3 is 2.37 bits per heavy atom. The molecule has 0 atom stereocenters. The van der Waals surface area contributed by atoms with Crippen molar-refractivity contribution in [3.8, 4) is 0 Å². The van der Waals surface area contributed by atoms with Crippen molar-refractivity contribution in [2.24, 2.45) is 14.1 Å². The second kappa shape index (κ2) is 6.87. The number of hydrogen-bond donors (Lipinski definition) is 2. The summed E-state index contributed by atoms with van der Waals surface area (Å²) < 4.78 is 2.16. The number of pyridine rings is 1. The van der Waals surface area contributed by atoms with Gasteiger partial charge >= 0.3 is 5.69 Å². The number of nitrogens with one attached hydrogen (secondary N) is 2. The third-order valence-corrected chi connectivity index (χ3v) is 4.23. The van der Waals surface area contributed by atoms with E-state index in [1.165, 1.54) is 30.9 Å². The van der Waals surface area contributed by atoms with E-state index < -0.39 is 23.1 Å². The van der Waals surface area contributed by atoms with Crippen LogP contribution in [0.4, 0.5) is 0 Å². The van der Waals surface area contributed by atoms with E-state index in [1.54, 1.807) is 31.2 Å². The Kier molecular flexibility index (Phi) is 4.59. The van der Waals surface area contributed by atoms with E-state index in [0.29, 0.717) is 5.56 Å². The number of rotatable bonds is 2. The lowest BCUT2D eigenvalue weighted by Crippen LogP contribution is -2.42. The number of carbonyl (C=O) groups excluding carboxylic acids is 2. The van der Waals surface area contributed by atoms with Gasteiger partial charge in [-0.3, -0.25) is 34.4 Å². The second-order valence-electron chi connectivity index (χ2n) is 6.02. The van der Waals surface area contributed by atoms with Crippen molar-refractivity contribution in [3.05, 3.63) is 74.1 Å². The van der Waals surface area contributed by atoms with Gasteiger partial charge < -0.3 is 0 Å². The van der Waals surface area contributed by atoms with Crippen LogP contribution in [-0.4, -0.2) is 25.9 Å². The highest BCUT2D eigenvalue weighted by atomic mass is 16.2. The molecule has 9 heteroatoms. The highest BCUT2D eigenvalue weighted by molar-refractivity contribution is 6.00. The van der Waals surface area contributed by atoms with Gasteiger partial charge in [0, 0.05) is 25.9 Å². The first kappa shape index (κ1) is 18.1. The molecule has 0 spiro atoms. The molecule has 0 fully saturated rings. The predicted octanol–water partition coefficient (Wildman–Crippen LogP) is 0.0154. The lowest BCUT2D eigenvalue weighted by molar-refractivity contribution is 0.0846. The van der Waals surface area contributed by atoms with Gasteiger partial charge in [-0.2, -0.15) is 0 Å². The number of aromatic nitrogens is 3. The molecule has 0 aliphatic rings. The maximum absolute atomic E-state index is 12.3. The van der Waals surface area contributed by atoms with Gasteiger partial charge in [0.05, 0.1) is 10.9 Å². The van der Waals surface area contributed by atoms with E-state index in [4.69, 9.17) is 0 Å². The summed E-state index contributed by atoms with van der Waals surface area (Å²) in [6.45, 7) is 1.78. The van der Waals surface area contributed by atoms with Crippen molar-refractivity contribution in [1.82, 2.24) is 25.0 Å². The van der Waals surface area contributed by atoms with Gasteiger partial charge in [0.2, 0.25) is 0 Å². The number of hydrogen-bond acceptors (Lipinski definition) is 5. The molecule has 138 valence electrons. The summed E-state index contributed by atoms with van der Waals surface area (Å²) in [5.74, 6) is -1.10. The summed E-state index contributed by atoms with van der Waals surface area (Å²) in [6, 6.07) is 8.28. The van der Waals surface area contributed by atoms with Crippen LogP contribution in [0.2, 0.25) is 0 Å². The van der Waals surface area contributed by atoms with Gasteiger partial charge in [-0.1, -0.05) is 18.2 Å². The van der Waals surface area contributed by atoms with Crippen LogP contribution >= 0.6 is 0 Å². The first-order chi connectivity index (χ1) is 12.8. The zero-order valence-corrected chi connectivity index (χ0v) is 14.9. The van der Waals surface area contributed by atoms with Crippen LogP contribution in [0.25, 0.3) is 11.0 Å². The number of fused-ring (bicyclic) bond motifs is 1. The Balaban J connectivity index is 1.86. The Bertz CT molecular complexity index is 1190. The van der Waals surface area contributed by atoms with Crippen LogP contribution in [0.1, 0.15) is 26.3 Å². The molecule has 0 aliphatic carbocycles. The van der Waals surface area contributed by atoms with E-state index in [2.05, 4.69) is 15.8 Å². The smallest absolute Gasteiger partial charge is 0.280 e. The standard InChI is InChI=1S/C18H17N5O4/c1-10-6-4-5-7-12(10)16(25)21-20-15(24)11-8-13-14(19-9-11)22(2)18(27)23(3)17(13)26/h4-9H,1-3H3,(H,20,24)(H,21,25). The molecule has 0 unspecified atom stereocenters. The molecule has 0 aliphatic heterocycles. The number of aryl methyl sites for hydroxylation is 2. The Morgan fingerprint density at radius 1 is 1.00 bits per heavy atom. The number of benzene rings is 1. The van der Waals surface area contributed by atoms with Gasteiger partial charge in [-0.25, -0.2) is 9.78 Å². The predicted molar refractivity (Wildman–Crippen MR) is 98.3 cm³/mol. The van der Waals surface area contributed by atoms with Gasteiger partial charge in [-0.15, -0.1) is 0 Å². The second-order valence-corrected chi connectivity index (χ2v) is 6.02. The topological polar surface area (TPSA) is 115 Å². The van der Waals surface area contributed by atoms with Crippen LogP contribution in [0.15, 0.2) is 46.1 Å². The summed E-state index contributed by atoms with van der Waals surface area (Å²) in [5, 5.41) is 0.123. The molecule has 3 aromatic rings. The van der Waals surface area contributed by atoms with Gasteiger partial charge in [0.15, 0.2) is 0 Å². The third kappa shape index (κ3) is 3.22. The largest absolute Gasteiger partial charge is 0.332 e. The molecule has 0 radical (unpaired) electrons. The summed E-state index contributed by atoms with van der Waals surface area (Å²) >= 11 is 0. The SMILES string of the molecule is Cc1ccccc1C(=O)NNC(=O)c1cnc2c(c1)c(=O)n(C)c(=O)n2C. The van der Waals surface area contributed by atoms with Crippen molar-refractivity contribution in [3.63, 3.8) is 0 Å². The first-order valence-electron chi connectivity index (χ1n) is 8.03. The van der Waals surface area contributed by atoms with Gasteiger partial charge in [0.1, 0.15) is 5.65 Å². The number of hydrazine groups is 1. The maximum Gasteiger partial charge on any atom is 0.332 e. The molecular formula is C18H17N5O4.